The zero-order valence-corrected chi connectivity index (χ0v) is 13.6. The second-order valence-corrected chi connectivity index (χ2v) is 5.10. The maximum absolute atomic E-state index is 11.7. The molecule has 1 heterocycles. The first-order chi connectivity index (χ1) is 12.2. The van der Waals surface area contributed by atoms with Crippen LogP contribution in [0.5, 0.6) is 5.75 Å². The highest BCUT2D eigenvalue weighted by Gasteiger charge is 2.10. The van der Waals surface area contributed by atoms with Crippen LogP contribution in [0, 0.1) is 0 Å². The molecule has 0 saturated heterocycles. The molecule has 3 rings (SSSR count). The minimum absolute atomic E-state index is 0.0884. The Kier molecular flexibility index (Phi) is 5.21. The van der Waals surface area contributed by atoms with Gasteiger partial charge in [0.2, 0.25) is 5.82 Å². The van der Waals surface area contributed by atoms with Crippen LogP contribution in [0.25, 0.3) is 17.5 Å². The molecule has 0 saturated carbocycles. The van der Waals surface area contributed by atoms with E-state index in [-0.39, 0.29) is 12.5 Å². The van der Waals surface area contributed by atoms with Gasteiger partial charge in [-0.15, -0.1) is 0 Å². The summed E-state index contributed by atoms with van der Waals surface area (Å²) in [6.07, 6.45) is 3.03. The number of methoxy groups -OCH3 is 1. The van der Waals surface area contributed by atoms with Gasteiger partial charge in [0.05, 0.1) is 7.11 Å². The van der Waals surface area contributed by atoms with Gasteiger partial charge in [-0.25, -0.2) is 4.79 Å². The summed E-state index contributed by atoms with van der Waals surface area (Å²) in [5.74, 6) is 0.843. The van der Waals surface area contributed by atoms with E-state index in [0.717, 1.165) is 11.1 Å². The van der Waals surface area contributed by atoms with Crippen molar-refractivity contribution in [3.8, 4) is 17.1 Å². The molecule has 6 heteroatoms. The Balaban J connectivity index is 1.58. The van der Waals surface area contributed by atoms with Crippen molar-refractivity contribution in [1.82, 2.24) is 10.1 Å². The van der Waals surface area contributed by atoms with Gasteiger partial charge in [0.1, 0.15) is 5.75 Å². The topological polar surface area (TPSA) is 74.5 Å². The van der Waals surface area contributed by atoms with Crippen LogP contribution < -0.4 is 4.74 Å². The average molecular weight is 336 g/mol. The smallest absolute Gasteiger partial charge is 0.331 e. The van der Waals surface area contributed by atoms with Crippen molar-refractivity contribution in [2.24, 2.45) is 0 Å². The van der Waals surface area contributed by atoms with Crippen molar-refractivity contribution in [1.29, 1.82) is 0 Å². The van der Waals surface area contributed by atoms with Crippen LogP contribution in [-0.2, 0) is 16.1 Å². The van der Waals surface area contributed by atoms with E-state index in [0.29, 0.717) is 11.6 Å². The molecule has 0 unspecified atom stereocenters. The summed E-state index contributed by atoms with van der Waals surface area (Å²) in [7, 11) is 1.59. The first-order valence-corrected chi connectivity index (χ1v) is 7.61. The van der Waals surface area contributed by atoms with Gasteiger partial charge >= 0.3 is 5.97 Å². The van der Waals surface area contributed by atoms with E-state index >= 15 is 0 Å². The zero-order valence-electron chi connectivity index (χ0n) is 13.6. The summed E-state index contributed by atoms with van der Waals surface area (Å²) in [4.78, 5) is 15.9. The van der Waals surface area contributed by atoms with Gasteiger partial charge in [-0.1, -0.05) is 47.6 Å². The average Bonchev–Trinajstić information content (AvgIpc) is 3.15. The van der Waals surface area contributed by atoms with Crippen LogP contribution in [0.1, 0.15) is 11.5 Å². The monoisotopic (exact) mass is 336 g/mol. The minimum atomic E-state index is -0.481. The molecule has 0 bridgehead atoms. The number of esters is 1. The molecule has 0 spiro atoms. The third-order valence-corrected chi connectivity index (χ3v) is 3.35. The van der Waals surface area contributed by atoms with Crippen LogP contribution in [0.3, 0.4) is 0 Å². The van der Waals surface area contributed by atoms with Crippen LogP contribution in [0.2, 0.25) is 0 Å². The zero-order chi connectivity index (χ0) is 17.5. The number of hydrogen-bond acceptors (Lipinski definition) is 6. The SMILES string of the molecule is COc1cccc(-c2noc(COC(=O)/C=C/c3ccccc3)n2)c1. The minimum Gasteiger partial charge on any atom is -0.497 e. The summed E-state index contributed by atoms with van der Waals surface area (Å²) < 4.78 is 15.4. The van der Waals surface area contributed by atoms with E-state index in [1.165, 1.54) is 6.08 Å². The molecule has 0 aliphatic rings. The summed E-state index contributed by atoms with van der Waals surface area (Å²) in [6.45, 7) is -0.0884. The van der Waals surface area contributed by atoms with E-state index in [1.54, 1.807) is 19.3 Å². The van der Waals surface area contributed by atoms with Gasteiger partial charge in [0, 0.05) is 11.6 Å². The third-order valence-electron chi connectivity index (χ3n) is 3.35. The van der Waals surface area contributed by atoms with Crippen molar-refractivity contribution in [3.05, 3.63) is 72.1 Å². The summed E-state index contributed by atoms with van der Waals surface area (Å²) in [5.41, 5.74) is 1.67. The van der Waals surface area contributed by atoms with E-state index in [2.05, 4.69) is 10.1 Å². The normalized spacial score (nSPS) is 10.8. The van der Waals surface area contributed by atoms with Crippen LogP contribution >= 0.6 is 0 Å². The number of ether oxygens (including phenoxy) is 2. The standard InChI is InChI=1S/C19H16N2O4/c1-23-16-9-5-8-15(12-16)19-20-17(25-21-19)13-24-18(22)11-10-14-6-3-2-4-7-14/h2-12H,13H2,1H3/b11-10+. The number of carbonyl (C=O) groups excluding carboxylic acids is 1. The molecule has 2 aromatic carbocycles. The van der Waals surface area contributed by atoms with Crippen LogP contribution in [-0.4, -0.2) is 23.2 Å². The Morgan fingerprint density at radius 1 is 1.16 bits per heavy atom. The highest BCUT2D eigenvalue weighted by Crippen LogP contribution is 2.21. The second-order valence-electron chi connectivity index (χ2n) is 5.10. The van der Waals surface area contributed by atoms with E-state index < -0.39 is 5.97 Å². The van der Waals surface area contributed by atoms with Gasteiger partial charge < -0.3 is 14.0 Å². The predicted octanol–water partition coefficient (Wildman–Crippen LogP) is 3.50. The Morgan fingerprint density at radius 2 is 2.00 bits per heavy atom. The number of nitrogens with zero attached hydrogens (tertiary/aromatic N) is 2. The van der Waals surface area contributed by atoms with E-state index in [4.69, 9.17) is 14.0 Å². The van der Waals surface area contributed by atoms with E-state index in [1.807, 2.05) is 48.5 Å². The number of aromatic nitrogens is 2. The molecule has 0 N–H and O–H groups in total. The lowest BCUT2D eigenvalue weighted by Crippen LogP contribution is -2.00. The van der Waals surface area contributed by atoms with Gasteiger partial charge in [-0.3, -0.25) is 0 Å². The van der Waals surface area contributed by atoms with Crippen molar-refractivity contribution in [2.45, 2.75) is 6.61 Å². The molecule has 25 heavy (non-hydrogen) atoms. The van der Waals surface area contributed by atoms with Crippen LogP contribution in [0.4, 0.5) is 0 Å². The molecule has 0 amide bonds. The Hall–Kier alpha value is -3.41. The maximum atomic E-state index is 11.7. The lowest BCUT2D eigenvalue weighted by atomic mass is 10.2. The van der Waals surface area contributed by atoms with Crippen LogP contribution in [0.15, 0.2) is 65.2 Å². The number of rotatable bonds is 6. The van der Waals surface area contributed by atoms with Gasteiger partial charge in [-0.05, 0) is 23.8 Å². The highest BCUT2D eigenvalue weighted by atomic mass is 16.6. The molecular weight excluding hydrogens is 320 g/mol. The van der Waals surface area contributed by atoms with E-state index in [9.17, 15) is 4.79 Å². The van der Waals surface area contributed by atoms with Crippen molar-refractivity contribution in [2.75, 3.05) is 7.11 Å². The maximum Gasteiger partial charge on any atom is 0.331 e. The molecule has 0 atom stereocenters. The molecule has 126 valence electrons. The fourth-order valence-electron chi connectivity index (χ4n) is 2.10. The molecular formula is C19H16N2O4. The Labute approximate surface area is 144 Å². The van der Waals surface area contributed by atoms with Gasteiger partial charge in [-0.2, -0.15) is 4.98 Å². The Morgan fingerprint density at radius 3 is 2.80 bits per heavy atom. The van der Waals surface area contributed by atoms with Crippen molar-refractivity contribution >= 4 is 12.0 Å². The number of carbonyl (C=O) groups is 1. The summed E-state index contributed by atoms with van der Waals surface area (Å²) in [5, 5.41) is 3.88. The van der Waals surface area contributed by atoms with Crippen molar-refractivity contribution < 1.29 is 18.8 Å². The molecule has 6 nitrogen and oxygen atoms in total. The molecule has 0 fully saturated rings. The highest BCUT2D eigenvalue weighted by molar-refractivity contribution is 5.86. The second kappa shape index (κ2) is 7.92. The first kappa shape index (κ1) is 16.4. The number of hydrogen-bond donors (Lipinski definition) is 0. The quantitative estimate of drug-likeness (QED) is 0.506. The fourth-order valence-corrected chi connectivity index (χ4v) is 2.10. The predicted molar refractivity (Wildman–Crippen MR) is 91.6 cm³/mol. The summed E-state index contributed by atoms with van der Waals surface area (Å²) in [6, 6.07) is 16.8. The molecule has 0 aliphatic heterocycles. The number of benzene rings is 2. The fraction of sp³-hybridized carbons (Fsp3) is 0.105. The van der Waals surface area contributed by atoms with Gasteiger partial charge in [0.25, 0.3) is 5.89 Å². The van der Waals surface area contributed by atoms with Crippen molar-refractivity contribution in [3.63, 3.8) is 0 Å². The molecule has 3 aromatic rings. The third kappa shape index (κ3) is 4.54. The Bertz CT molecular complexity index is 872. The summed E-state index contributed by atoms with van der Waals surface area (Å²) >= 11 is 0. The largest absolute Gasteiger partial charge is 0.497 e. The lowest BCUT2D eigenvalue weighted by molar-refractivity contribution is -0.139. The lowest BCUT2D eigenvalue weighted by Gasteiger charge is -2.00. The molecule has 0 aliphatic carbocycles. The molecule has 1 aromatic heterocycles. The molecule has 0 radical (unpaired) electrons. The van der Waals surface area contributed by atoms with Gasteiger partial charge in [0.15, 0.2) is 6.61 Å². The first-order valence-electron chi connectivity index (χ1n) is 7.61.